The van der Waals surface area contributed by atoms with Gasteiger partial charge in [0.2, 0.25) is 0 Å². The van der Waals surface area contributed by atoms with E-state index in [1.807, 2.05) is 0 Å². The summed E-state index contributed by atoms with van der Waals surface area (Å²) < 4.78 is 32.6. The first kappa shape index (κ1) is 13.7. The van der Waals surface area contributed by atoms with Crippen LogP contribution in [0.25, 0.3) is 21.2 Å². The summed E-state index contributed by atoms with van der Waals surface area (Å²) in [6.45, 7) is 0. The Hall–Kier alpha value is -2.27. The number of fused-ring (bicyclic) bond motifs is 1. The van der Waals surface area contributed by atoms with Gasteiger partial charge >= 0.3 is 5.97 Å². The van der Waals surface area contributed by atoms with Gasteiger partial charge in [-0.3, -0.25) is 0 Å². The molecule has 0 radical (unpaired) electrons. The fourth-order valence-electron chi connectivity index (χ4n) is 2.19. The molecule has 0 saturated carbocycles. The van der Waals surface area contributed by atoms with E-state index < -0.39 is 17.6 Å². The number of halogens is 2. The van der Waals surface area contributed by atoms with Crippen molar-refractivity contribution in [2.75, 3.05) is 7.11 Å². The number of carbonyl (C=O) groups is 1. The number of methoxy groups -OCH3 is 1. The van der Waals surface area contributed by atoms with E-state index in [0.717, 1.165) is 16.2 Å². The predicted molar refractivity (Wildman–Crippen MR) is 78.5 cm³/mol. The van der Waals surface area contributed by atoms with Crippen molar-refractivity contribution < 1.29 is 18.3 Å². The lowest BCUT2D eigenvalue weighted by molar-refractivity contribution is 0.0601. The Labute approximate surface area is 123 Å². The maximum atomic E-state index is 13.9. The van der Waals surface area contributed by atoms with Gasteiger partial charge in [-0.15, -0.1) is 11.3 Å². The van der Waals surface area contributed by atoms with Crippen LogP contribution in [0.1, 0.15) is 10.4 Å². The third-order valence-corrected chi connectivity index (χ3v) is 4.18. The highest BCUT2D eigenvalue weighted by molar-refractivity contribution is 7.17. The van der Waals surface area contributed by atoms with Gasteiger partial charge in [-0.1, -0.05) is 0 Å². The van der Waals surface area contributed by atoms with Crippen molar-refractivity contribution in [3.05, 3.63) is 59.0 Å². The zero-order valence-electron chi connectivity index (χ0n) is 11.0. The molecule has 0 aliphatic heterocycles. The number of benzene rings is 2. The highest BCUT2D eigenvalue weighted by Gasteiger charge is 2.14. The Morgan fingerprint density at radius 1 is 1.10 bits per heavy atom. The van der Waals surface area contributed by atoms with E-state index in [-0.39, 0.29) is 0 Å². The molecule has 3 aromatic rings. The van der Waals surface area contributed by atoms with Crippen LogP contribution in [0.4, 0.5) is 8.78 Å². The lowest BCUT2D eigenvalue weighted by Gasteiger charge is -2.04. The molecular formula is C16H10F2O2S. The first-order valence-electron chi connectivity index (χ1n) is 6.15. The summed E-state index contributed by atoms with van der Waals surface area (Å²) in [7, 11) is 1.31. The van der Waals surface area contributed by atoms with E-state index in [4.69, 9.17) is 0 Å². The van der Waals surface area contributed by atoms with Crippen LogP contribution in [0.3, 0.4) is 0 Å². The van der Waals surface area contributed by atoms with Crippen molar-refractivity contribution >= 4 is 27.4 Å². The molecule has 0 unspecified atom stereocenters. The maximum absolute atomic E-state index is 13.9. The van der Waals surface area contributed by atoms with Crippen LogP contribution in [-0.4, -0.2) is 13.1 Å². The molecule has 5 heteroatoms. The van der Waals surface area contributed by atoms with E-state index >= 15 is 0 Å². The molecule has 2 nitrogen and oxygen atoms in total. The quantitative estimate of drug-likeness (QED) is 0.645. The van der Waals surface area contributed by atoms with Gasteiger partial charge in [0.15, 0.2) is 0 Å². The minimum atomic E-state index is -0.627. The number of thiophene rings is 1. The normalized spacial score (nSPS) is 10.8. The first-order chi connectivity index (χ1) is 10.1. The molecular weight excluding hydrogens is 294 g/mol. The summed E-state index contributed by atoms with van der Waals surface area (Å²) in [6, 6.07) is 8.58. The van der Waals surface area contributed by atoms with Crippen molar-refractivity contribution in [2.45, 2.75) is 0 Å². The fraction of sp³-hybridized carbons (Fsp3) is 0.0625. The largest absolute Gasteiger partial charge is 0.465 e. The van der Waals surface area contributed by atoms with Crippen LogP contribution in [0.2, 0.25) is 0 Å². The molecule has 1 heterocycles. The Balaban J connectivity index is 2.20. The molecule has 21 heavy (non-hydrogen) atoms. The monoisotopic (exact) mass is 304 g/mol. The van der Waals surface area contributed by atoms with Gasteiger partial charge in [-0.2, -0.15) is 0 Å². The van der Waals surface area contributed by atoms with Gasteiger partial charge in [0, 0.05) is 27.3 Å². The zero-order valence-corrected chi connectivity index (χ0v) is 11.8. The average Bonchev–Trinajstić information content (AvgIpc) is 2.89. The topological polar surface area (TPSA) is 26.3 Å². The molecule has 0 atom stereocenters. The van der Waals surface area contributed by atoms with Crippen molar-refractivity contribution in [2.24, 2.45) is 0 Å². The second-order valence-corrected chi connectivity index (χ2v) is 5.39. The van der Waals surface area contributed by atoms with Gasteiger partial charge in [0.25, 0.3) is 0 Å². The summed E-state index contributed by atoms with van der Waals surface area (Å²) >= 11 is 1.44. The third kappa shape index (κ3) is 2.40. The Bertz CT molecular complexity index is 839. The van der Waals surface area contributed by atoms with E-state index in [2.05, 4.69) is 4.74 Å². The van der Waals surface area contributed by atoms with Gasteiger partial charge in [-0.25, -0.2) is 13.6 Å². The molecule has 0 saturated heterocycles. The molecule has 0 bridgehead atoms. The highest BCUT2D eigenvalue weighted by Crippen LogP contribution is 2.36. The van der Waals surface area contributed by atoms with Crippen molar-refractivity contribution in [3.63, 3.8) is 0 Å². The first-order valence-corrected chi connectivity index (χ1v) is 7.03. The van der Waals surface area contributed by atoms with Crippen LogP contribution in [0, 0.1) is 11.6 Å². The zero-order chi connectivity index (χ0) is 15.0. The van der Waals surface area contributed by atoms with E-state index in [0.29, 0.717) is 16.7 Å². The fourth-order valence-corrected chi connectivity index (χ4v) is 3.13. The molecule has 2 aromatic carbocycles. The number of carbonyl (C=O) groups excluding carboxylic acids is 1. The minimum absolute atomic E-state index is 0.310. The summed E-state index contributed by atoms with van der Waals surface area (Å²) in [5, 5.41) is 2.54. The highest BCUT2D eigenvalue weighted by atomic mass is 32.1. The van der Waals surface area contributed by atoms with Gasteiger partial charge in [-0.05, 0) is 35.7 Å². The summed E-state index contributed by atoms with van der Waals surface area (Å²) in [5.74, 6) is -1.70. The molecule has 0 fully saturated rings. The Morgan fingerprint density at radius 2 is 1.90 bits per heavy atom. The Morgan fingerprint density at radius 3 is 2.62 bits per heavy atom. The van der Waals surface area contributed by atoms with Crippen LogP contribution in [-0.2, 0) is 4.74 Å². The number of hydrogen-bond acceptors (Lipinski definition) is 3. The molecule has 0 aliphatic carbocycles. The molecule has 0 spiro atoms. The van der Waals surface area contributed by atoms with Crippen molar-refractivity contribution in [1.82, 2.24) is 0 Å². The molecule has 0 N–H and O–H groups in total. The van der Waals surface area contributed by atoms with E-state index in [9.17, 15) is 13.6 Å². The van der Waals surface area contributed by atoms with Crippen LogP contribution >= 0.6 is 11.3 Å². The van der Waals surface area contributed by atoms with Gasteiger partial charge < -0.3 is 4.74 Å². The standard InChI is InChI=1S/C16H10F2O2S/c1-20-16(19)9-2-5-15-12(6-9)13(8-21-15)11-4-3-10(17)7-14(11)18/h2-8H,1H3. The molecule has 0 aliphatic rings. The lowest BCUT2D eigenvalue weighted by atomic mass is 10.0. The Kier molecular flexibility index (Phi) is 3.43. The third-order valence-electron chi connectivity index (χ3n) is 3.22. The lowest BCUT2D eigenvalue weighted by Crippen LogP contribution is -2.00. The summed E-state index contributed by atoms with van der Waals surface area (Å²) in [5.41, 5.74) is 1.34. The smallest absolute Gasteiger partial charge is 0.337 e. The molecule has 0 amide bonds. The molecule has 3 rings (SSSR count). The van der Waals surface area contributed by atoms with Crippen LogP contribution < -0.4 is 0 Å². The molecule has 1 aromatic heterocycles. The number of ether oxygens (including phenoxy) is 1. The van der Waals surface area contributed by atoms with Crippen LogP contribution in [0.5, 0.6) is 0 Å². The van der Waals surface area contributed by atoms with Gasteiger partial charge in [0.05, 0.1) is 12.7 Å². The molecule has 106 valence electrons. The SMILES string of the molecule is COC(=O)c1ccc2scc(-c3ccc(F)cc3F)c2c1. The van der Waals surface area contributed by atoms with E-state index in [1.54, 1.807) is 23.6 Å². The second-order valence-electron chi connectivity index (χ2n) is 4.48. The van der Waals surface area contributed by atoms with E-state index in [1.165, 1.54) is 30.6 Å². The predicted octanol–water partition coefficient (Wildman–Crippen LogP) is 4.63. The number of rotatable bonds is 2. The summed E-state index contributed by atoms with van der Waals surface area (Å²) in [4.78, 5) is 11.6. The number of hydrogen-bond donors (Lipinski definition) is 0. The summed E-state index contributed by atoms with van der Waals surface area (Å²) in [6.07, 6.45) is 0. The van der Waals surface area contributed by atoms with Crippen molar-refractivity contribution in [3.8, 4) is 11.1 Å². The van der Waals surface area contributed by atoms with Crippen molar-refractivity contribution in [1.29, 1.82) is 0 Å². The maximum Gasteiger partial charge on any atom is 0.337 e. The van der Waals surface area contributed by atoms with Crippen LogP contribution in [0.15, 0.2) is 41.8 Å². The van der Waals surface area contributed by atoms with Gasteiger partial charge in [0.1, 0.15) is 11.6 Å². The number of esters is 1. The second kappa shape index (κ2) is 5.26. The minimum Gasteiger partial charge on any atom is -0.465 e. The average molecular weight is 304 g/mol.